The van der Waals surface area contributed by atoms with Gasteiger partial charge in [-0.25, -0.2) is 18.0 Å². The highest BCUT2D eigenvalue weighted by atomic mass is 32.2. The number of carbonyl (C=O) groups is 2. The third-order valence-electron chi connectivity index (χ3n) is 4.02. The fraction of sp³-hybridized carbons (Fsp3) is 0.267. The van der Waals surface area contributed by atoms with E-state index in [0.29, 0.717) is 0 Å². The van der Waals surface area contributed by atoms with Gasteiger partial charge in [0.1, 0.15) is 5.56 Å². The molecule has 2 heterocycles. The van der Waals surface area contributed by atoms with E-state index < -0.39 is 38.6 Å². The lowest BCUT2D eigenvalue weighted by Crippen LogP contribution is -2.40. The first-order valence-electron chi connectivity index (χ1n) is 7.48. The van der Waals surface area contributed by atoms with Crippen LogP contribution in [-0.4, -0.2) is 66.2 Å². The maximum absolute atomic E-state index is 12.7. The minimum absolute atomic E-state index is 0.0262. The Morgan fingerprint density at radius 1 is 1.08 bits per heavy atom. The monoisotopic (exact) mass is 382 g/mol. The van der Waals surface area contributed by atoms with Gasteiger partial charge >= 0.3 is 11.9 Å². The van der Waals surface area contributed by atoms with E-state index in [1.807, 2.05) is 0 Å². The SMILES string of the molecule is O=C(O)c1c(C(=O)O)c2cc(S(=O)(=O)N3CCOCC3)ccc2[nH]c1=O. The highest BCUT2D eigenvalue weighted by Gasteiger charge is 2.29. The molecule has 0 aliphatic carbocycles. The highest BCUT2D eigenvalue weighted by Crippen LogP contribution is 2.25. The van der Waals surface area contributed by atoms with Gasteiger partial charge in [-0.05, 0) is 18.2 Å². The van der Waals surface area contributed by atoms with Crippen molar-refractivity contribution in [3.63, 3.8) is 0 Å². The average Bonchev–Trinajstić information content (AvgIpc) is 2.60. The summed E-state index contributed by atoms with van der Waals surface area (Å²) in [5.74, 6) is -3.36. The molecule has 1 fully saturated rings. The molecule has 1 aromatic carbocycles. The van der Waals surface area contributed by atoms with Crippen molar-refractivity contribution in [1.29, 1.82) is 0 Å². The number of aromatic nitrogens is 1. The fourth-order valence-electron chi connectivity index (χ4n) is 2.79. The van der Waals surface area contributed by atoms with Gasteiger partial charge in [-0.1, -0.05) is 0 Å². The van der Waals surface area contributed by atoms with Gasteiger partial charge in [0.2, 0.25) is 10.0 Å². The number of nitrogens with one attached hydrogen (secondary N) is 1. The number of nitrogens with zero attached hydrogens (tertiary/aromatic N) is 1. The minimum Gasteiger partial charge on any atom is -0.478 e. The summed E-state index contributed by atoms with van der Waals surface area (Å²) in [6.07, 6.45) is 0. The average molecular weight is 382 g/mol. The van der Waals surface area contributed by atoms with Gasteiger partial charge in [-0.15, -0.1) is 0 Å². The number of carboxylic acids is 2. The molecule has 0 spiro atoms. The molecule has 11 heteroatoms. The molecule has 1 aliphatic rings. The van der Waals surface area contributed by atoms with Crippen LogP contribution in [-0.2, 0) is 14.8 Å². The summed E-state index contributed by atoms with van der Waals surface area (Å²) in [6.45, 7) is 0.781. The number of rotatable bonds is 4. The third-order valence-corrected chi connectivity index (χ3v) is 5.92. The molecule has 1 aliphatic heterocycles. The Balaban J connectivity index is 2.27. The Hall–Kier alpha value is -2.76. The van der Waals surface area contributed by atoms with Crippen molar-refractivity contribution >= 4 is 32.9 Å². The molecule has 26 heavy (non-hydrogen) atoms. The number of carboxylic acid groups (broad SMARTS) is 2. The molecule has 1 aromatic heterocycles. The van der Waals surface area contributed by atoms with Gasteiger partial charge in [-0.3, -0.25) is 4.79 Å². The number of pyridine rings is 1. The van der Waals surface area contributed by atoms with E-state index in [1.54, 1.807) is 0 Å². The van der Waals surface area contributed by atoms with Crippen molar-refractivity contribution in [3.05, 3.63) is 39.7 Å². The highest BCUT2D eigenvalue weighted by molar-refractivity contribution is 7.89. The summed E-state index contributed by atoms with van der Waals surface area (Å²) in [7, 11) is -3.92. The van der Waals surface area contributed by atoms with E-state index in [-0.39, 0.29) is 42.1 Å². The Bertz CT molecular complexity index is 1070. The first-order valence-corrected chi connectivity index (χ1v) is 8.92. The second-order valence-electron chi connectivity index (χ2n) is 5.54. The van der Waals surface area contributed by atoms with Crippen LogP contribution in [0.2, 0.25) is 0 Å². The van der Waals surface area contributed by atoms with Crippen molar-refractivity contribution in [1.82, 2.24) is 9.29 Å². The predicted octanol–water partition coefficient (Wildman–Crippen LogP) is -0.0546. The van der Waals surface area contributed by atoms with Gasteiger partial charge in [-0.2, -0.15) is 4.31 Å². The van der Waals surface area contributed by atoms with Gasteiger partial charge in [0.25, 0.3) is 5.56 Å². The van der Waals surface area contributed by atoms with Crippen molar-refractivity contribution < 1.29 is 33.0 Å². The number of aromatic carboxylic acids is 2. The van der Waals surface area contributed by atoms with Crippen LogP contribution in [0.4, 0.5) is 0 Å². The van der Waals surface area contributed by atoms with E-state index in [0.717, 1.165) is 6.07 Å². The van der Waals surface area contributed by atoms with E-state index >= 15 is 0 Å². The molecule has 0 radical (unpaired) electrons. The molecular weight excluding hydrogens is 368 g/mol. The molecule has 0 atom stereocenters. The quantitative estimate of drug-likeness (QED) is 0.665. The second-order valence-corrected chi connectivity index (χ2v) is 7.48. The lowest BCUT2D eigenvalue weighted by Gasteiger charge is -2.26. The third kappa shape index (κ3) is 2.96. The molecule has 3 N–H and O–H groups in total. The fourth-order valence-corrected chi connectivity index (χ4v) is 4.23. The first kappa shape index (κ1) is 18.0. The zero-order chi connectivity index (χ0) is 19.1. The van der Waals surface area contributed by atoms with E-state index in [9.17, 15) is 27.9 Å². The largest absolute Gasteiger partial charge is 0.478 e. The molecule has 2 aromatic rings. The predicted molar refractivity (Wildman–Crippen MR) is 88.1 cm³/mol. The summed E-state index contributed by atoms with van der Waals surface area (Å²) in [6, 6.07) is 3.53. The Morgan fingerprint density at radius 3 is 2.27 bits per heavy atom. The molecular formula is C15H14N2O8S. The van der Waals surface area contributed by atoms with Gasteiger partial charge in [0, 0.05) is 24.0 Å². The van der Waals surface area contributed by atoms with Crippen LogP contribution < -0.4 is 5.56 Å². The lowest BCUT2D eigenvalue weighted by atomic mass is 10.0. The molecule has 10 nitrogen and oxygen atoms in total. The normalized spacial score (nSPS) is 15.8. The number of sulfonamides is 1. The number of ether oxygens (including phenoxy) is 1. The number of fused-ring (bicyclic) bond motifs is 1. The Morgan fingerprint density at radius 2 is 1.69 bits per heavy atom. The summed E-state index contributed by atoms with van der Waals surface area (Å²) >= 11 is 0. The van der Waals surface area contributed by atoms with Crippen LogP contribution in [0.5, 0.6) is 0 Å². The number of hydrogen-bond acceptors (Lipinski definition) is 6. The number of hydrogen-bond donors (Lipinski definition) is 3. The van der Waals surface area contributed by atoms with Crippen LogP contribution in [0.15, 0.2) is 27.9 Å². The molecule has 0 unspecified atom stereocenters. The van der Waals surface area contributed by atoms with Crippen molar-refractivity contribution in [2.24, 2.45) is 0 Å². The molecule has 0 saturated carbocycles. The van der Waals surface area contributed by atoms with Crippen molar-refractivity contribution in [2.75, 3.05) is 26.3 Å². The Labute approximate surface area is 146 Å². The van der Waals surface area contributed by atoms with E-state index in [1.165, 1.54) is 16.4 Å². The maximum atomic E-state index is 12.7. The second kappa shape index (κ2) is 6.52. The summed E-state index contributed by atoms with van der Waals surface area (Å²) in [4.78, 5) is 36.8. The number of aromatic amines is 1. The number of H-pyrrole nitrogens is 1. The molecule has 1 saturated heterocycles. The van der Waals surface area contributed by atoms with Crippen molar-refractivity contribution in [3.8, 4) is 0 Å². The zero-order valence-electron chi connectivity index (χ0n) is 13.3. The zero-order valence-corrected chi connectivity index (χ0v) is 14.1. The van der Waals surface area contributed by atoms with E-state index in [4.69, 9.17) is 9.84 Å². The smallest absolute Gasteiger partial charge is 0.342 e. The lowest BCUT2D eigenvalue weighted by molar-refractivity contribution is 0.0651. The van der Waals surface area contributed by atoms with Gasteiger partial charge in [0.05, 0.1) is 23.7 Å². The van der Waals surface area contributed by atoms with Gasteiger partial charge in [0.15, 0.2) is 0 Å². The summed E-state index contributed by atoms with van der Waals surface area (Å²) in [5.41, 5.74) is -2.76. The summed E-state index contributed by atoms with van der Waals surface area (Å²) < 4.78 is 31.8. The topological polar surface area (TPSA) is 154 Å². The summed E-state index contributed by atoms with van der Waals surface area (Å²) in [5, 5.41) is 18.4. The van der Waals surface area contributed by atoms with Crippen LogP contribution in [0, 0.1) is 0 Å². The van der Waals surface area contributed by atoms with Crippen LogP contribution in [0.25, 0.3) is 10.9 Å². The molecule has 0 amide bonds. The van der Waals surface area contributed by atoms with Crippen LogP contribution in [0.3, 0.4) is 0 Å². The standard InChI is InChI=1S/C15H14N2O8S/c18-13-12(15(21)22)11(14(19)20)9-7-8(1-2-10(9)16-13)26(23,24)17-3-5-25-6-4-17/h1-2,7H,3-6H2,(H,16,18)(H,19,20)(H,21,22). The Kier molecular flexibility index (Phi) is 4.52. The minimum atomic E-state index is -3.92. The van der Waals surface area contributed by atoms with Crippen molar-refractivity contribution in [2.45, 2.75) is 4.90 Å². The molecule has 3 rings (SSSR count). The number of benzene rings is 1. The first-order chi connectivity index (χ1) is 12.2. The van der Waals surface area contributed by atoms with Gasteiger partial charge < -0.3 is 19.9 Å². The molecule has 0 bridgehead atoms. The van der Waals surface area contributed by atoms with Crippen LogP contribution in [0.1, 0.15) is 20.7 Å². The maximum Gasteiger partial charge on any atom is 0.342 e. The molecule has 138 valence electrons. The van der Waals surface area contributed by atoms with Crippen LogP contribution >= 0.6 is 0 Å². The van der Waals surface area contributed by atoms with E-state index in [2.05, 4.69) is 4.98 Å². The number of morpholine rings is 1.